The third-order valence-electron chi connectivity index (χ3n) is 4.18. The van der Waals surface area contributed by atoms with Crippen LogP contribution in [0.4, 0.5) is 10.6 Å². The molecule has 8 nitrogen and oxygen atoms in total. The average Bonchev–Trinajstić information content (AvgIpc) is 3.24. The molecule has 3 N–H and O–H groups in total. The Morgan fingerprint density at radius 1 is 1.36 bits per heavy atom. The summed E-state index contributed by atoms with van der Waals surface area (Å²) in [5, 5.41) is 22.5. The summed E-state index contributed by atoms with van der Waals surface area (Å²) in [4.78, 5) is 20.4. The number of hydrogen-bond donors (Lipinski definition) is 3. The van der Waals surface area contributed by atoms with E-state index in [1.165, 1.54) is 0 Å². The monoisotopic (exact) mass is 333 g/mol. The van der Waals surface area contributed by atoms with Gasteiger partial charge in [0.1, 0.15) is 17.1 Å². The van der Waals surface area contributed by atoms with Gasteiger partial charge in [-0.2, -0.15) is 10.4 Å². The van der Waals surface area contributed by atoms with Crippen molar-refractivity contribution in [2.75, 3.05) is 5.32 Å². The highest BCUT2D eigenvalue weighted by molar-refractivity contribution is 5.96. The number of carbonyl (C=O) groups excluding carboxylic acids is 1. The topological polar surface area (TPSA) is 119 Å². The van der Waals surface area contributed by atoms with Crippen molar-refractivity contribution in [3.8, 4) is 17.3 Å². The van der Waals surface area contributed by atoms with E-state index >= 15 is 0 Å². The molecule has 0 bridgehead atoms. The Morgan fingerprint density at radius 2 is 2.20 bits per heavy atom. The predicted molar refractivity (Wildman–Crippen MR) is 91.6 cm³/mol. The summed E-state index contributed by atoms with van der Waals surface area (Å²) >= 11 is 0. The van der Waals surface area contributed by atoms with Crippen LogP contribution in [0, 0.1) is 18.3 Å². The van der Waals surface area contributed by atoms with Crippen molar-refractivity contribution >= 4 is 22.8 Å². The highest BCUT2D eigenvalue weighted by atomic mass is 16.2. The van der Waals surface area contributed by atoms with E-state index in [4.69, 9.17) is 5.26 Å². The number of aromatic amines is 1. The zero-order valence-electron chi connectivity index (χ0n) is 13.5. The largest absolute Gasteiger partial charge is 0.321 e. The number of amides is 2. The van der Waals surface area contributed by atoms with E-state index in [0.29, 0.717) is 18.7 Å². The van der Waals surface area contributed by atoms with Crippen LogP contribution < -0.4 is 10.6 Å². The minimum atomic E-state index is -0.714. The number of hydrogen-bond acceptors (Lipinski definition) is 5. The van der Waals surface area contributed by atoms with Crippen molar-refractivity contribution < 1.29 is 4.79 Å². The lowest BCUT2D eigenvalue weighted by atomic mass is 10.1. The smallest absolute Gasteiger partial charge is 0.319 e. The zero-order valence-corrected chi connectivity index (χ0v) is 13.5. The van der Waals surface area contributed by atoms with Gasteiger partial charge in [0.25, 0.3) is 0 Å². The van der Waals surface area contributed by atoms with Crippen molar-refractivity contribution in [1.82, 2.24) is 25.5 Å². The Kier molecular flexibility index (Phi) is 3.35. The fourth-order valence-electron chi connectivity index (χ4n) is 2.65. The molecule has 8 heteroatoms. The van der Waals surface area contributed by atoms with Crippen LogP contribution in [0.25, 0.3) is 22.2 Å². The van der Waals surface area contributed by atoms with Crippen LogP contribution in [0.5, 0.6) is 0 Å². The first kappa shape index (κ1) is 15.1. The van der Waals surface area contributed by atoms with Crippen LogP contribution in [-0.4, -0.2) is 31.7 Å². The van der Waals surface area contributed by atoms with E-state index in [-0.39, 0.29) is 0 Å². The molecule has 0 radical (unpaired) electrons. The van der Waals surface area contributed by atoms with Gasteiger partial charge >= 0.3 is 6.03 Å². The first-order chi connectivity index (χ1) is 12.1. The quantitative estimate of drug-likeness (QED) is 0.680. The van der Waals surface area contributed by atoms with Crippen molar-refractivity contribution in [3.05, 3.63) is 36.3 Å². The fraction of sp³-hybridized carbons (Fsp3) is 0.235. The summed E-state index contributed by atoms with van der Waals surface area (Å²) in [5.41, 5.74) is 2.68. The molecule has 25 heavy (non-hydrogen) atoms. The highest BCUT2D eigenvalue weighted by Crippen LogP contribution is 2.34. The SMILES string of the molecule is Cc1cc(-c2n[nH]c3cc(NC(=O)NC4(C#N)CC4)ncc23)ccn1. The molecule has 3 aromatic rings. The van der Waals surface area contributed by atoms with Gasteiger partial charge in [0, 0.05) is 35.1 Å². The maximum absolute atomic E-state index is 12.0. The number of aryl methyl sites for hydroxylation is 1. The molecule has 0 unspecified atom stereocenters. The molecule has 124 valence electrons. The van der Waals surface area contributed by atoms with Gasteiger partial charge in [0.15, 0.2) is 0 Å². The average molecular weight is 333 g/mol. The number of rotatable bonds is 3. The Bertz CT molecular complexity index is 1010. The van der Waals surface area contributed by atoms with Crippen LogP contribution in [0.2, 0.25) is 0 Å². The number of pyridine rings is 2. The lowest BCUT2D eigenvalue weighted by Crippen LogP contribution is -2.38. The normalized spacial score (nSPS) is 14.7. The number of nitrogens with zero attached hydrogens (tertiary/aromatic N) is 4. The first-order valence-electron chi connectivity index (χ1n) is 7.86. The van der Waals surface area contributed by atoms with E-state index in [2.05, 4.69) is 36.9 Å². The molecular weight excluding hydrogens is 318 g/mol. The molecule has 3 heterocycles. The molecular formula is C17H15N7O. The zero-order chi connectivity index (χ0) is 17.4. The molecule has 1 fully saturated rings. The molecule has 0 aliphatic heterocycles. The molecule has 2 amide bonds. The third kappa shape index (κ3) is 2.87. The molecule has 0 atom stereocenters. The number of nitrogens with one attached hydrogen (secondary N) is 3. The van der Waals surface area contributed by atoms with Gasteiger partial charge in [-0.25, -0.2) is 9.78 Å². The second-order valence-electron chi connectivity index (χ2n) is 6.15. The summed E-state index contributed by atoms with van der Waals surface area (Å²) < 4.78 is 0. The Hall–Kier alpha value is -3.47. The molecule has 3 aromatic heterocycles. The summed E-state index contributed by atoms with van der Waals surface area (Å²) in [6, 6.07) is 7.23. The lowest BCUT2D eigenvalue weighted by Gasteiger charge is -2.10. The van der Waals surface area contributed by atoms with E-state index in [0.717, 1.165) is 27.9 Å². The van der Waals surface area contributed by atoms with E-state index in [1.807, 2.05) is 19.1 Å². The van der Waals surface area contributed by atoms with Crippen LogP contribution in [0.1, 0.15) is 18.5 Å². The number of H-pyrrole nitrogens is 1. The number of fused-ring (bicyclic) bond motifs is 1. The molecule has 1 aliphatic carbocycles. The molecule has 1 aliphatic rings. The van der Waals surface area contributed by atoms with Gasteiger partial charge in [-0.15, -0.1) is 0 Å². The maximum atomic E-state index is 12.0. The molecule has 0 spiro atoms. The van der Waals surface area contributed by atoms with Gasteiger partial charge in [-0.3, -0.25) is 15.4 Å². The number of anilines is 1. The van der Waals surface area contributed by atoms with Crippen molar-refractivity contribution in [2.45, 2.75) is 25.3 Å². The summed E-state index contributed by atoms with van der Waals surface area (Å²) in [5.74, 6) is 0.389. The number of aromatic nitrogens is 4. The Balaban J connectivity index is 1.58. The maximum Gasteiger partial charge on any atom is 0.321 e. The number of urea groups is 1. The van der Waals surface area contributed by atoms with Crippen molar-refractivity contribution in [3.63, 3.8) is 0 Å². The second-order valence-corrected chi connectivity index (χ2v) is 6.15. The van der Waals surface area contributed by atoms with Gasteiger partial charge in [0.05, 0.1) is 11.6 Å². The standard InChI is InChI=1S/C17H15N7O/c1-10-6-11(2-5-19-10)15-12-8-20-14(7-13(12)23-24-15)21-16(25)22-17(9-18)3-4-17/h2,5-8H,3-4H2,1H3,(H,23,24)(H2,20,21,22,25). The minimum Gasteiger partial charge on any atom is -0.319 e. The van der Waals surface area contributed by atoms with Crippen LogP contribution >= 0.6 is 0 Å². The number of carbonyl (C=O) groups is 1. The third-order valence-corrected chi connectivity index (χ3v) is 4.18. The van der Waals surface area contributed by atoms with Gasteiger partial charge < -0.3 is 5.32 Å². The highest BCUT2D eigenvalue weighted by Gasteiger charge is 2.44. The number of nitriles is 1. The molecule has 0 saturated heterocycles. The van der Waals surface area contributed by atoms with Crippen LogP contribution in [-0.2, 0) is 0 Å². The molecule has 4 rings (SSSR count). The predicted octanol–water partition coefficient (Wildman–Crippen LogP) is 2.51. The molecule has 0 aromatic carbocycles. The fourth-order valence-corrected chi connectivity index (χ4v) is 2.65. The summed E-state index contributed by atoms with van der Waals surface area (Å²) in [6.45, 7) is 1.92. The first-order valence-corrected chi connectivity index (χ1v) is 7.86. The van der Waals surface area contributed by atoms with E-state index in [1.54, 1.807) is 18.5 Å². The van der Waals surface area contributed by atoms with Crippen LogP contribution in [0.3, 0.4) is 0 Å². The second kappa shape index (κ2) is 5.56. The van der Waals surface area contributed by atoms with Gasteiger partial charge in [0.2, 0.25) is 0 Å². The minimum absolute atomic E-state index is 0.389. The molecule has 1 saturated carbocycles. The van der Waals surface area contributed by atoms with Crippen molar-refractivity contribution in [1.29, 1.82) is 5.26 Å². The van der Waals surface area contributed by atoms with E-state index < -0.39 is 11.6 Å². The Morgan fingerprint density at radius 3 is 2.92 bits per heavy atom. The summed E-state index contributed by atoms with van der Waals surface area (Å²) in [7, 11) is 0. The van der Waals surface area contributed by atoms with Crippen molar-refractivity contribution in [2.24, 2.45) is 0 Å². The lowest BCUT2D eigenvalue weighted by molar-refractivity contribution is 0.249. The van der Waals surface area contributed by atoms with Crippen LogP contribution in [0.15, 0.2) is 30.6 Å². The van der Waals surface area contributed by atoms with Gasteiger partial charge in [-0.1, -0.05) is 0 Å². The summed E-state index contributed by atoms with van der Waals surface area (Å²) in [6.07, 6.45) is 4.76. The Labute approximate surface area is 143 Å². The van der Waals surface area contributed by atoms with Gasteiger partial charge in [-0.05, 0) is 31.9 Å². The van der Waals surface area contributed by atoms with E-state index in [9.17, 15) is 4.79 Å².